The first-order chi connectivity index (χ1) is 21.2. The van der Waals surface area contributed by atoms with E-state index in [1.54, 1.807) is 19.9 Å². The number of carbonyl (C=O) groups excluding carboxylic acids is 2. The monoisotopic (exact) mass is 644 g/mol. The molecule has 0 radical (unpaired) electrons. The van der Waals surface area contributed by atoms with Crippen LogP contribution in [-0.4, -0.2) is 92.2 Å². The fourth-order valence-corrected chi connectivity index (χ4v) is 10.8. The molecule has 0 aromatic heterocycles. The first-order valence-corrected chi connectivity index (χ1v) is 16.7. The van der Waals surface area contributed by atoms with E-state index >= 15 is 0 Å². The van der Waals surface area contributed by atoms with E-state index in [-0.39, 0.29) is 53.2 Å². The van der Waals surface area contributed by atoms with Gasteiger partial charge in [-0.3, -0.25) is 9.59 Å². The highest BCUT2D eigenvalue weighted by Gasteiger charge is 2.75. The number of fused-ring (bicyclic) bond motifs is 7. The van der Waals surface area contributed by atoms with Crippen molar-refractivity contribution in [2.24, 2.45) is 39.4 Å². The van der Waals surface area contributed by atoms with E-state index in [1.807, 2.05) is 27.7 Å². The molecule has 2 saturated carbocycles. The highest BCUT2D eigenvalue weighted by atomic mass is 16.7. The lowest BCUT2D eigenvalue weighted by molar-refractivity contribution is -0.291. The number of hydrogen-bond donors (Lipinski definition) is 5. The number of carbonyl (C=O) groups is 2. The third kappa shape index (κ3) is 4.54. The SMILES string of the molecule is CC(C)=C[C@H]1C[C@@](C)(O)[C@@H]2[C@H](C[C@@]3(C)[C@H]4CC=C5[C@H](C=C(O[C@H]6O[C@@H](CO)[C@H](O)[C@H](O)[C@H]6O)C(=O)C5(C)C)[C@@]4(C)C(=O)C[C@@]23C)O1. The van der Waals surface area contributed by atoms with Crippen LogP contribution in [0, 0.1) is 39.4 Å². The van der Waals surface area contributed by atoms with E-state index in [0.29, 0.717) is 19.3 Å². The molecule has 0 aromatic rings. The highest BCUT2D eigenvalue weighted by molar-refractivity contribution is 6.02. The number of Topliss-reactive ketones (excluding diaryl/α,β-unsaturated/α-hetero) is 2. The molecule has 0 aromatic carbocycles. The molecule has 0 amide bonds. The molecular formula is C36H52O10. The van der Waals surface area contributed by atoms with Gasteiger partial charge >= 0.3 is 0 Å². The fraction of sp³-hybridized carbons (Fsp3) is 0.778. The van der Waals surface area contributed by atoms with Crippen molar-refractivity contribution in [2.75, 3.05) is 6.61 Å². The minimum absolute atomic E-state index is 0.0736. The van der Waals surface area contributed by atoms with Crippen LogP contribution in [0.4, 0.5) is 0 Å². The second-order valence-corrected chi connectivity index (χ2v) is 16.6. The van der Waals surface area contributed by atoms with Gasteiger partial charge in [-0.15, -0.1) is 0 Å². The third-order valence-electron chi connectivity index (χ3n) is 13.2. The van der Waals surface area contributed by atoms with Crippen LogP contribution >= 0.6 is 0 Å². The topological polar surface area (TPSA) is 163 Å². The maximum Gasteiger partial charge on any atom is 0.229 e. The van der Waals surface area contributed by atoms with Crippen LogP contribution in [0.1, 0.15) is 81.1 Å². The van der Waals surface area contributed by atoms with Crippen molar-refractivity contribution >= 4 is 11.6 Å². The Morgan fingerprint density at radius 2 is 1.65 bits per heavy atom. The van der Waals surface area contributed by atoms with Gasteiger partial charge in [0, 0.05) is 30.1 Å². The second-order valence-electron chi connectivity index (χ2n) is 16.6. The Hall–Kier alpha value is -1.92. The molecule has 5 N–H and O–H groups in total. The number of hydrogen-bond acceptors (Lipinski definition) is 10. The number of rotatable bonds is 4. The Balaban J connectivity index is 1.40. The summed E-state index contributed by atoms with van der Waals surface area (Å²) in [5.41, 5.74) is -1.90. The zero-order valence-corrected chi connectivity index (χ0v) is 28.3. The molecule has 4 aliphatic carbocycles. The van der Waals surface area contributed by atoms with E-state index in [4.69, 9.17) is 14.2 Å². The molecule has 2 aliphatic heterocycles. The number of aliphatic hydroxyl groups excluding tert-OH is 4. The van der Waals surface area contributed by atoms with E-state index in [1.165, 1.54) is 0 Å². The molecule has 0 spiro atoms. The van der Waals surface area contributed by atoms with Crippen LogP contribution < -0.4 is 0 Å². The summed E-state index contributed by atoms with van der Waals surface area (Å²) in [5.74, 6) is -1.20. The van der Waals surface area contributed by atoms with E-state index in [9.17, 15) is 35.1 Å². The lowest BCUT2D eigenvalue weighted by atomic mass is 9.39. The maximum absolute atomic E-state index is 14.7. The molecule has 4 fully saturated rings. The van der Waals surface area contributed by atoms with Gasteiger partial charge in [-0.25, -0.2) is 0 Å². The number of aliphatic hydroxyl groups is 5. The smallest absolute Gasteiger partial charge is 0.229 e. The summed E-state index contributed by atoms with van der Waals surface area (Å²) >= 11 is 0. The molecular weight excluding hydrogens is 592 g/mol. The van der Waals surface area contributed by atoms with Crippen LogP contribution in [0.3, 0.4) is 0 Å². The molecule has 46 heavy (non-hydrogen) atoms. The van der Waals surface area contributed by atoms with Crippen molar-refractivity contribution in [3.05, 3.63) is 35.1 Å². The summed E-state index contributed by atoms with van der Waals surface area (Å²) in [7, 11) is 0. The number of ketones is 2. The molecule has 6 rings (SSSR count). The Kier molecular flexibility index (Phi) is 7.97. The van der Waals surface area contributed by atoms with Crippen molar-refractivity contribution in [1.29, 1.82) is 0 Å². The van der Waals surface area contributed by atoms with E-state index in [2.05, 4.69) is 26.0 Å². The minimum atomic E-state index is -1.68. The Morgan fingerprint density at radius 3 is 2.28 bits per heavy atom. The molecule has 256 valence electrons. The van der Waals surface area contributed by atoms with Gasteiger partial charge in [0.1, 0.15) is 30.2 Å². The van der Waals surface area contributed by atoms with Gasteiger partial charge in [0.2, 0.25) is 12.1 Å². The molecule has 10 heteroatoms. The second kappa shape index (κ2) is 10.8. The molecule has 2 saturated heterocycles. The molecule has 14 atom stereocenters. The minimum Gasteiger partial charge on any atom is -0.459 e. The van der Waals surface area contributed by atoms with Gasteiger partial charge in [-0.2, -0.15) is 0 Å². The van der Waals surface area contributed by atoms with Crippen molar-refractivity contribution < 1.29 is 49.3 Å². The van der Waals surface area contributed by atoms with Crippen LogP contribution in [0.2, 0.25) is 0 Å². The molecule has 0 bridgehead atoms. The average molecular weight is 645 g/mol. The predicted molar refractivity (Wildman–Crippen MR) is 167 cm³/mol. The average Bonchev–Trinajstić information content (AvgIpc) is 3.18. The number of ether oxygens (including phenoxy) is 3. The normalized spacial score (nSPS) is 51.2. The molecule has 0 unspecified atom stereocenters. The number of allylic oxidation sites excluding steroid dienone is 5. The van der Waals surface area contributed by atoms with Gasteiger partial charge < -0.3 is 39.7 Å². The summed E-state index contributed by atoms with van der Waals surface area (Å²) < 4.78 is 18.3. The molecule has 2 heterocycles. The van der Waals surface area contributed by atoms with E-state index in [0.717, 1.165) is 11.1 Å². The Bertz CT molecular complexity index is 1390. The maximum atomic E-state index is 14.7. The lowest BCUT2D eigenvalue weighted by Crippen LogP contribution is -2.64. The van der Waals surface area contributed by atoms with Crippen LogP contribution in [-0.2, 0) is 23.8 Å². The van der Waals surface area contributed by atoms with E-state index < -0.39 is 65.1 Å². The van der Waals surface area contributed by atoms with Gasteiger partial charge in [0.05, 0.1) is 29.8 Å². The summed E-state index contributed by atoms with van der Waals surface area (Å²) in [6.07, 6.45) is -0.139. The quantitative estimate of drug-likeness (QED) is 0.288. The van der Waals surface area contributed by atoms with Crippen molar-refractivity contribution in [2.45, 2.75) is 130 Å². The van der Waals surface area contributed by atoms with Gasteiger partial charge in [-0.05, 0) is 70.3 Å². The zero-order chi connectivity index (χ0) is 33.9. The first kappa shape index (κ1) is 34.0. The highest BCUT2D eigenvalue weighted by Crippen LogP contribution is 2.75. The molecule has 6 aliphatic rings. The van der Waals surface area contributed by atoms with Gasteiger partial charge in [-0.1, -0.05) is 44.1 Å². The summed E-state index contributed by atoms with van der Waals surface area (Å²) in [4.78, 5) is 28.6. The lowest BCUT2D eigenvalue weighted by Gasteiger charge is -2.64. The zero-order valence-electron chi connectivity index (χ0n) is 28.3. The van der Waals surface area contributed by atoms with Crippen LogP contribution in [0.15, 0.2) is 35.1 Å². The van der Waals surface area contributed by atoms with Crippen LogP contribution in [0.5, 0.6) is 0 Å². The fourth-order valence-electron chi connectivity index (χ4n) is 10.8. The predicted octanol–water partition coefficient (Wildman–Crippen LogP) is 2.74. The Morgan fingerprint density at radius 1 is 0.978 bits per heavy atom. The van der Waals surface area contributed by atoms with Crippen molar-refractivity contribution in [1.82, 2.24) is 0 Å². The van der Waals surface area contributed by atoms with Crippen molar-refractivity contribution in [3.8, 4) is 0 Å². The van der Waals surface area contributed by atoms with Crippen LogP contribution in [0.25, 0.3) is 0 Å². The summed E-state index contributed by atoms with van der Waals surface area (Å²) in [5, 5.41) is 52.9. The largest absolute Gasteiger partial charge is 0.459 e. The van der Waals surface area contributed by atoms with Gasteiger partial charge in [0.25, 0.3) is 0 Å². The molecule has 10 nitrogen and oxygen atoms in total. The van der Waals surface area contributed by atoms with Crippen molar-refractivity contribution in [3.63, 3.8) is 0 Å². The standard InChI is InChI=1S/C36H52O10/c1-17(2)11-18-13-35(7,43)29-22(44-18)14-33(5)24-10-9-19-20(36(24,8)25(38)15-34(29,33)6)12-21(30(42)32(19,3)4)45-31-28(41)27(40)26(39)23(16-37)46-31/h9,11-12,18,20,22-24,26-29,31,37,39-41,43H,10,13-16H2,1-8H3/t18-,20-,22-,23-,24+,26-,27-,28+,29+,31-,33-,34-,35+,36+/m0/s1. The summed E-state index contributed by atoms with van der Waals surface area (Å²) in [6.45, 7) is 15.3. The third-order valence-corrected chi connectivity index (χ3v) is 13.2. The first-order valence-electron chi connectivity index (χ1n) is 16.7. The summed E-state index contributed by atoms with van der Waals surface area (Å²) in [6, 6.07) is 0. The van der Waals surface area contributed by atoms with Gasteiger partial charge in [0.15, 0.2) is 5.76 Å². The Labute approximate surface area is 271 Å².